The molecule has 0 unspecified atom stereocenters. The number of carbonyl (C=O) groups is 2. The third kappa shape index (κ3) is 6.33. The van der Waals surface area contributed by atoms with E-state index in [1.165, 1.54) is 10.8 Å². The van der Waals surface area contributed by atoms with E-state index in [0.29, 0.717) is 28.5 Å². The second kappa shape index (κ2) is 12.2. The number of ether oxygens (including phenoxy) is 1. The molecule has 0 saturated carbocycles. The lowest BCUT2D eigenvalue weighted by Gasteiger charge is -2.14. The lowest BCUT2D eigenvalue weighted by atomic mass is 10.2. The van der Waals surface area contributed by atoms with E-state index < -0.39 is 17.4 Å². The molecular formula is C33H26N6O4. The summed E-state index contributed by atoms with van der Waals surface area (Å²) < 4.78 is 7.04. The molecule has 10 nitrogen and oxygen atoms in total. The molecule has 0 radical (unpaired) electrons. The minimum Gasteiger partial charge on any atom is -0.457 e. The smallest absolute Gasteiger partial charge is 0.278 e. The Labute approximate surface area is 246 Å². The van der Waals surface area contributed by atoms with E-state index in [1.54, 1.807) is 48.8 Å². The van der Waals surface area contributed by atoms with Crippen LogP contribution < -0.4 is 20.9 Å². The summed E-state index contributed by atoms with van der Waals surface area (Å²) >= 11 is 0. The van der Waals surface area contributed by atoms with E-state index in [4.69, 9.17) is 4.74 Å². The predicted octanol–water partition coefficient (Wildman–Crippen LogP) is 5.15. The zero-order valence-electron chi connectivity index (χ0n) is 22.9. The molecule has 2 amide bonds. The van der Waals surface area contributed by atoms with Crippen molar-refractivity contribution in [3.05, 3.63) is 137 Å². The summed E-state index contributed by atoms with van der Waals surface area (Å²) in [4.78, 5) is 51.5. The molecule has 6 aromatic rings. The van der Waals surface area contributed by atoms with E-state index in [2.05, 4.69) is 25.6 Å². The molecule has 0 atom stereocenters. The number of carbonyl (C=O) groups excluding carboxylic acids is 2. The van der Waals surface area contributed by atoms with Crippen LogP contribution in [0.5, 0.6) is 11.5 Å². The number of aromatic nitrogens is 4. The van der Waals surface area contributed by atoms with Crippen molar-refractivity contribution in [1.29, 1.82) is 0 Å². The Morgan fingerprint density at radius 2 is 1.58 bits per heavy atom. The van der Waals surface area contributed by atoms with Crippen molar-refractivity contribution in [2.45, 2.75) is 13.1 Å². The van der Waals surface area contributed by atoms with Gasteiger partial charge in [-0.05, 0) is 48.5 Å². The van der Waals surface area contributed by atoms with Gasteiger partial charge in [0.2, 0.25) is 5.91 Å². The number of hydrogen-bond donors (Lipinski definition) is 3. The maximum atomic E-state index is 13.6. The average Bonchev–Trinajstić information content (AvgIpc) is 3.46. The van der Waals surface area contributed by atoms with E-state index >= 15 is 0 Å². The number of pyridine rings is 1. The van der Waals surface area contributed by atoms with Crippen LogP contribution in [0.15, 0.2) is 120 Å². The van der Waals surface area contributed by atoms with Gasteiger partial charge in [0.25, 0.3) is 11.5 Å². The molecule has 0 bridgehead atoms. The fourth-order valence-electron chi connectivity index (χ4n) is 4.56. The first-order chi connectivity index (χ1) is 21.0. The number of hydrogen-bond acceptors (Lipinski definition) is 6. The Kier molecular flexibility index (Phi) is 7.72. The number of amides is 2. The fraction of sp³-hybridized carbons (Fsp3) is 0.0606. The van der Waals surface area contributed by atoms with Gasteiger partial charge >= 0.3 is 0 Å². The molecule has 3 aromatic carbocycles. The van der Waals surface area contributed by atoms with Crippen LogP contribution in [0, 0.1) is 0 Å². The second-order valence-electron chi connectivity index (χ2n) is 9.68. The quantitative estimate of drug-likeness (QED) is 0.220. The topological polar surface area (TPSA) is 131 Å². The van der Waals surface area contributed by atoms with Crippen LogP contribution in [0.4, 0.5) is 5.69 Å². The van der Waals surface area contributed by atoms with Crippen LogP contribution in [-0.4, -0.2) is 31.3 Å². The Bertz CT molecular complexity index is 1920. The summed E-state index contributed by atoms with van der Waals surface area (Å²) in [5.74, 6) is 0.650. The third-order valence-corrected chi connectivity index (χ3v) is 6.68. The van der Waals surface area contributed by atoms with Crippen molar-refractivity contribution in [2.75, 3.05) is 5.32 Å². The molecule has 3 aromatic heterocycles. The first-order valence-electron chi connectivity index (χ1n) is 13.5. The number of aromatic amines is 1. The first-order valence-corrected chi connectivity index (χ1v) is 13.5. The summed E-state index contributed by atoms with van der Waals surface area (Å²) in [7, 11) is 0. The lowest BCUT2D eigenvalue weighted by molar-refractivity contribution is -0.121. The van der Waals surface area contributed by atoms with Gasteiger partial charge in [0.15, 0.2) is 0 Å². The molecule has 0 fully saturated rings. The zero-order chi connectivity index (χ0) is 29.6. The number of fused-ring (bicyclic) bond motifs is 1. The van der Waals surface area contributed by atoms with Gasteiger partial charge in [0, 0.05) is 40.1 Å². The van der Waals surface area contributed by atoms with Crippen molar-refractivity contribution in [2.24, 2.45) is 0 Å². The highest BCUT2D eigenvalue weighted by Crippen LogP contribution is 2.22. The SMILES string of the molecule is O=C(Cn1c(-c2ccccc2)ncc(NC(=O)c2ccc(Oc3ccccc3)cc2)c1=O)NCc1cc2cnccc2[nH]1. The van der Waals surface area contributed by atoms with E-state index in [9.17, 15) is 14.4 Å². The largest absolute Gasteiger partial charge is 0.457 e. The summed E-state index contributed by atoms with van der Waals surface area (Å²) in [6, 6.07) is 28.7. The van der Waals surface area contributed by atoms with Crippen molar-refractivity contribution in [3.8, 4) is 22.9 Å². The van der Waals surface area contributed by atoms with Gasteiger partial charge in [0.05, 0.1) is 12.7 Å². The molecule has 6 rings (SSSR count). The Morgan fingerprint density at radius 1 is 0.860 bits per heavy atom. The molecule has 3 heterocycles. The van der Waals surface area contributed by atoms with Crippen LogP contribution in [-0.2, 0) is 17.9 Å². The second-order valence-corrected chi connectivity index (χ2v) is 9.68. The molecule has 0 aliphatic rings. The zero-order valence-corrected chi connectivity index (χ0v) is 22.9. The number of anilines is 1. The molecule has 0 spiro atoms. The number of benzene rings is 3. The lowest BCUT2D eigenvalue weighted by Crippen LogP contribution is -2.35. The molecular weight excluding hydrogens is 544 g/mol. The summed E-state index contributed by atoms with van der Waals surface area (Å²) in [5.41, 5.74) is 2.08. The summed E-state index contributed by atoms with van der Waals surface area (Å²) in [6.07, 6.45) is 4.73. The van der Waals surface area contributed by atoms with Crippen LogP contribution >= 0.6 is 0 Å². The van der Waals surface area contributed by atoms with Crippen molar-refractivity contribution in [3.63, 3.8) is 0 Å². The Balaban J connectivity index is 1.20. The van der Waals surface area contributed by atoms with Crippen LogP contribution in [0.2, 0.25) is 0 Å². The monoisotopic (exact) mass is 570 g/mol. The van der Waals surface area contributed by atoms with Crippen molar-refractivity contribution in [1.82, 2.24) is 24.8 Å². The van der Waals surface area contributed by atoms with Gasteiger partial charge in [-0.3, -0.25) is 23.9 Å². The van der Waals surface area contributed by atoms with E-state index in [1.807, 2.05) is 60.7 Å². The minimum atomic E-state index is -0.557. The van der Waals surface area contributed by atoms with E-state index in [-0.39, 0.29) is 18.8 Å². The summed E-state index contributed by atoms with van der Waals surface area (Å²) in [6.45, 7) is -0.0656. The highest BCUT2D eigenvalue weighted by molar-refractivity contribution is 6.04. The van der Waals surface area contributed by atoms with Gasteiger partial charge in [0.1, 0.15) is 29.6 Å². The Hall–Kier alpha value is -6.03. The standard InChI is InChI=1S/C33H26N6O4/c40-30(35-19-25-17-24-18-34-16-15-28(24)37-25)21-39-31(22-7-3-1-4-8-22)36-20-29(33(39)42)38-32(41)23-11-13-27(14-12-23)43-26-9-5-2-6-10-26/h1-18,20,37H,19,21H2,(H,35,40)(H,38,41). The maximum absolute atomic E-state index is 13.6. The molecule has 212 valence electrons. The highest BCUT2D eigenvalue weighted by Gasteiger charge is 2.17. The number of nitrogens with one attached hydrogen (secondary N) is 3. The van der Waals surface area contributed by atoms with Gasteiger partial charge in [-0.1, -0.05) is 48.5 Å². The molecule has 3 N–H and O–H groups in total. The van der Waals surface area contributed by atoms with Crippen LogP contribution in [0.1, 0.15) is 16.1 Å². The van der Waals surface area contributed by atoms with Crippen molar-refractivity contribution >= 4 is 28.4 Å². The van der Waals surface area contributed by atoms with Gasteiger partial charge in [-0.15, -0.1) is 0 Å². The molecule has 43 heavy (non-hydrogen) atoms. The normalized spacial score (nSPS) is 10.8. The maximum Gasteiger partial charge on any atom is 0.278 e. The first kappa shape index (κ1) is 27.2. The van der Waals surface area contributed by atoms with Gasteiger partial charge in [-0.2, -0.15) is 0 Å². The molecule has 0 saturated heterocycles. The highest BCUT2D eigenvalue weighted by atomic mass is 16.5. The molecule has 0 aliphatic carbocycles. The van der Waals surface area contributed by atoms with Crippen molar-refractivity contribution < 1.29 is 14.3 Å². The number of para-hydroxylation sites is 1. The molecule has 10 heteroatoms. The minimum absolute atomic E-state index is 0.0507. The number of nitrogens with zero attached hydrogens (tertiary/aromatic N) is 3. The van der Waals surface area contributed by atoms with Gasteiger partial charge in [-0.25, -0.2) is 4.98 Å². The third-order valence-electron chi connectivity index (χ3n) is 6.68. The van der Waals surface area contributed by atoms with Crippen LogP contribution in [0.25, 0.3) is 22.3 Å². The predicted molar refractivity (Wildman–Crippen MR) is 163 cm³/mol. The van der Waals surface area contributed by atoms with Gasteiger partial charge < -0.3 is 20.4 Å². The molecule has 0 aliphatic heterocycles. The fourth-order valence-corrected chi connectivity index (χ4v) is 4.56. The Morgan fingerprint density at radius 3 is 2.33 bits per heavy atom. The summed E-state index contributed by atoms with van der Waals surface area (Å²) in [5, 5.41) is 6.42. The average molecular weight is 571 g/mol. The van der Waals surface area contributed by atoms with Crippen LogP contribution in [0.3, 0.4) is 0 Å². The van der Waals surface area contributed by atoms with E-state index in [0.717, 1.165) is 16.6 Å². The number of rotatable bonds is 9. The number of H-pyrrole nitrogens is 1.